The first-order chi connectivity index (χ1) is 17.4. The normalized spacial score (nSPS) is 18.8. The number of aromatic nitrogens is 4. The number of hydrogen-bond acceptors (Lipinski definition) is 7. The van der Waals surface area contributed by atoms with Gasteiger partial charge in [-0.25, -0.2) is 8.42 Å². The monoisotopic (exact) mass is 545 g/mol. The molecule has 1 unspecified atom stereocenters. The lowest BCUT2D eigenvalue weighted by Crippen LogP contribution is -2.33. The number of pyridine rings is 1. The summed E-state index contributed by atoms with van der Waals surface area (Å²) in [7, 11) is -3.70. The Kier molecular flexibility index (Phi) is 7.87. The summed E-state index contributed by atoms with van der Waals surface area (Å²) in [5.74, 6) is -1.01. The fourth-order valence-corrected chi connectivity index (χ4v) is 8.00. The number of carboxylic acid groups (broad SMARTS) is 1. The van der Waals surface area contributed by atoms with Crippen LogP contribution in [0.2, 0.25) is 0 Å². The lowest BCUT2D eigenvalue weighted by atomic mass is 9.75. The highest BCUT2D eigenvalue weighted by molar-refractivity contribution is 7.89. The smallest absolute Gasteiger partial charge is 0.309 e. The minimum atomic E-state index is -3.70. The van der Waals surface area contributed by atoms with Crippen molar-refractivity contribution in [3.63, 3.8) is 0 Å². The van der Waals surface area contributed by atoms with Gasteiger partial charge in [0.2, 0.25) is 10.0 Å². The summed E-state index contributed by atoms with van der Waals surface area (Å²) in [6.07, 6.45) is 5.35. The summed E-state index contributed by atoms with van der Waals surface area (Å²) < 4.78 is 30.4. The van der Waals surface area contributed by atoms with Gasteiger partial charge in [-0.05, 0) is 76.6 Å². The maximum atomic E-state index is 13.6. The van der Waals surface area contributed by atoms with Crippen molar-refractivity contribution in [3.05, 3.63) is 57.3 Å². The summed E-state index contributed by atoms with van der Waals surface area (Å²) in [5.41, 5.74) is 1.34. The van der Waals surface area contributed by atoms with Crippen LogP contribution in [0.25, 0.3) is 0 Å². The number of thiophene rings is 1. The van der Waals surface area contributed by atoms with E-state index < -0.39 is 21.4 Å². The van der Waals surface area contributed by atoms with Gasteiger partial charge in [0.25, 0.3) is 0 Å². The van der Waals surface area contributed by atoms with Crippen LogP contribution in [0.5, 0.6) is 0 Å². The second-order valence-electron chi connectivity index (χ2n) is 10.5. The molecule has 0 bridgehead atoms. The van der Waals surface area contributed by atoms with Crippen LogP contribution in [0.15, 0.2) is 35.5 Å². The van der Waals surface area contributed by atoms with Gasteiger partial charge in [-0.15, -0.1) is 16.4 Å². The summed E-state index contributed by atoms with van der Waals surface area (Å²) in [4.78, 5) is 18.8. The summed E-state index contributed by atoms with van der Waals surface area (Å²) in [6, 6.07) is 5.30. The Bertz CT molecular complexity index is 1380. The van der Waals surface area contributed by atoms with E-state index in [4.69, 9.17) is 0 Å². The highest BCUT2D eigenvalue weighted by Gasteiger charge is 2.39. The number of rotatable bonds is 9. The first-order valence-electron chi connectivity index (χ1n) is 12.6. The Morgan fingerprint density at radius 2 is 2.11 bits per heavy atom. The minimum absolute atomic E-state index is 0.125. The number of sulfonamides is 1. The van der Waals surface area contributed by atoms with Crippen molar-refractivity contribution >= 4 is 27.3 Å². The van der Waals surface area contributed by atoms with E-state index in [2.05, 4.69) is 15.3 Å². The van der Waals surface area contributed by atoms with Crippen molar-refractivity contribution in [2.75, 3.05) is 6.54 Å². The Morgan fingerprint density at radius 1 is 1.35 bits per heavy atom. The van der Waals surface area contributed by atoms with E-state index in [0.29, 0.717) is 31.5 Å². The second kappa shape index (κ2) is 10.6. The van der Waals surface area contributed by atoms with Crippen molar-refractivity contribution in [1.29, 1.82) is 0 Å². The summed E-state index contributed by atoms with van der Waals surface area (Å²) >= 11 is 1.55. The van der Waals surface area contributed by atoms with Gasteiger partial charge in [0, 0.05) is 47.7 Å². The van der Waals surface area contributed by atoms with E-state index in [1.165, 1.54) is 0 Å². The van der Waals surface area contributed by atoms with Gasteiger partial charge >= 0.3 is 5.97 Å². The van der Waals surface area contributed by atoms with Crippen molar-refractivity contribution in [3.8, 4) is 0 Å². The topological polar surface area (TPSA) is 118 Å². The third-order valence-corrected chi connectivity index (χ3v) is 10.4. The molecule has 1 N–H and O–H groups in total. The third-order valence-electron chi connectivity index (χ3n) is 7.27. The van der Waals surface area contributed by atoms with E-state index in [9.17, 15) is 18.3 Å². The molecule has 0 aliphatic carbocycles. The predicted octanol–water partition coefficient (Wildman–Crippen LogP) is 4.27. The Hall–Kier alpha value is -2.63. The molecule has 1 aliphatic rings. The highest BCUT2D eigenvalue weighted by atomic mass is 32.2. The third kappa shape index (κ3) is 5.63. The van der Waals surface area contributed by atoms with Crippen LogP contribution < -0.4 is 0 Å². The molecule has 3 aromatic rings. The summed E-state index contributed by atoms with van der Waals surface area (Å²) in [5, 5.41) is 18.4. The SMILES string of the molecule is CCn1cc(CCC(c2cc(CN3C[C@@H](C)Cc4ncccc4S3(=O)=O)c(C)s2)C(C)(C)C(=O)O)nn1. The average Bonchev–Trinajstić information content (AvgIpc) is 3.42. The van der Waals surface area contributed by atoms with Crippen LogP contribution in [0.4, 0.5) is 0 Å². The molecule has 11 heteroatoms. The minimum Gasteiger partial charge on any atom is -0.481 e. The van der Waals surface area contributed by atoms with Crippen molar-refractivity contribution in [2.45, 2.75) is 77.8 Å². The molecule has 0 spiro atoms. The van der Waals surface area contributed by atoms with Gasteiger partial charge in [-0.2, -0.15) is 4.31 Å². The Balaban J connectivity index is 1.63. The molecule has 0 radical (unpaired) electrons. The van der Waals surface area contributed by atoms with Gasteiger partial charge in [0.15, 0.2) is 0 Å². The van der Waals surface area contributed by atoms with Crippen LogP contribution in [-0.4, -0.2) is 50.3 Å². The molecule has 200 valence electrons. The molecular formula is C26H35N5O4S2. The molecule has 3 aromatic heterocycles. The van der Waals surface area contributed by atoms with Crippen LogP contribution in [0.3, 0.4) is 0 Å². The fraction of sp³-hybridized carbons (Fsp3) is 0.538. The highest BCUT2D eigenvalue weighted by Crippen LogP contribution is 2.43. The zero-order valence-corrected chi connectivity index (χ0v) is 23.6. The fourth-order valence-electron chi connectivity index (χ4n) is 4.91. The summed E-state index contributed by atoms with van der Waals surface area (Å²) in [6.45, 7) is 10.9. The first-order valence-corrected chi connectivity index (χ1v) is 14.8. The number of hydrogen-bond donors (Lipinski definition) is 1. The molecule has 9 nitrogen and oxygen atoms in total. The maximum absolute atomic E-state index is 13.6. The van der Waals surface area contributed by atoms with Crippen LogP contribution in [0, 0.1) is 18.3 Å². The molecule has 0 aromatic carbocycles. The van der Waals surface area contributed by atoms with Crippen LogP contribution in [0.1, 0.15) is 66.7 Å². The maximum Gasteiger partial charge on any atom is 0.309 e. The number of carbonyl (C=O) groups is 1. The first kappa shape index (κ1) is 27.4. The largest absolute Gasteiger partial charge is 0.481 e. The van der Waals surface area contributed by atoms with Gasteiger partial charge < -0.3 is 5.11 Å². The van der Waals surface area contributed by atoms with Gasteiger partial charge in [0.05, 0.1) is 16.8 Å². The molecular weight excluding hydrogens is 510 g/mol. The molecule has 4 heterocycles. The zero-order chi connectivity index (χ0) is 27.0. The zero-order valence-electron chi connectivity index (χ0n) is 22.0. The molecule has 37 heavy (non-hydrogen) atoms. The standard InChI is InChI=1S/C26H35N5O4S2/c1-6-30-16-20(28-29-30)9-10-21(26(4,5)25(32)33)23-13-19(18(3)36-23)15-31-14-17(2)12-22-24(37(31,34)35)8-7-11-27-22/h7-8,11,13,16-17,21H,6,9-10,12,14-15H2,1-5H3,(H,32,33)/t17-,21?/m0/s1. The number of carboxylic acids is 1. The van der Waals surface area contributed by atoms with E-state index in [-0.39, 0.29) is 23.3 Å². The molecule has 0 amide bonds. The molecule has 0 saturated carbocycles. The lowest BCUT2D eigenvalue weighted by Gasteiger charge is -2.29. The number of nitrogens with zero attached hydrogens (tertiary/aromatic N) is 5. The van der Waals surface area contributed by atoms with Gasteiger partial charge in [-0.1, -0.05) is 12.1 Å². The number of aryl methyl sites for hydroxylation is 3. The van der Waals surface area contributed by atoms with Crippen LogP contribution in [-0.2, 0) is 40.7 Å². The quantitative estimate of drug-likeness (QED) is 0.426. The molecule has 0 fully saturated rings. The predicted molar refractivity (Wildman–Crippen MR) is 142 cm³/mol. The van der Waals surface area contributed by atoms with Crippen molar-refractivity contribution in [1.82, 2.24) is 24.3 Å². The Labute approximate surface area is 222 Å². The van der Waals surface area contributed by atoms with E-state index in [0.717, 1.165) is 27.6 Å². The number of aliphatic carboxylic acids is 1. The average molecular weight is 546 g/mol. The molecule has 2 atom stereocenters. The molecule has 0 saturated heterocycles. The van der Waals surface area contributed by atoms with Crippen molar-refractivity contribution in [2.24, 2.45) is 11.3 Å². The Morgan fingerprint density at radius 3 is 2.78 bits per heavy atom. The van der Waals surface area contributed by atoms with E-state index in [1.54, 1.807) is 52.5 Å². The second-order valence-corrected chi connectivity index (χ2v) is 13.7. The van der Waals surface area contributed by atoms with Crippen LogP contribution >= 0.6 is 11.3 Å². The number of fused-ring (bicyclic) bond motifs is 1. The van der Waals surface area contributed by atoms with E-state index >= 15 is 0 Å². The van der Waals surface area contributed by atoms with E-state index in [1.807, 2.05) is 33.0 Å². The van der Waals surface area contributed by atoms with Gasteiger partial charge in [-0.3, -0.25) is 14.5 Å². The molecule has 1 aliphatic heterocycles. The molecule has 4 rings (SSSR count). The van der Waals surface area contributed by atoms with Gasteiger partial charge in [0.1, 0.15) is 4.90 Å². The van der Waals surface area contributed by atoms with Crippen molar-refractivity contribution < 1.29 is 18.3 Å². The lowest BCUT2D eigenvalue weighted by molar-refractivity contribution is -0.148.